The predicted octanol–water partition coefficient (Wildman–Crippen LogP) is 10.4. The van der Waals surface area contributed by atoms with Crippen LogP contribution in [0.5, 0.6) is 0 Å². The van der Waals surface area contributed by atoms with E-state index in [4.69, 9.17) is 14.2 Å². The molecule has 8 heteroatoms. The molecule has 0 radical (unpaired) electrons. The first-order valence-corrected chi connectivity index (χ1v) is 20.2. The average Bonchev–Trinajstić information content (AvgIpc) is 3.05. The number of nitrogens with zero attached hydrogens (tertiary/aromatic N) is 1. The zero-order chi connectivity index (χ0) is 36.4. The molecule has 0 amide bonds. The first-order chi connectivity index (χ1) is 23.6. The van der Waals surface area contributed by atoms with Crippen molar-refractivity contribution in [3.63, 3.8) is 0 Å². The second kappa shape index (κ2) is 33.2. The summed E-state index contributed by atoms with van der Waals surface area (Å²) in [7, 11) is 5.52. The molecule has 1 N–H and O–H groups in total. The Morgan fingerprint density at radius 1 is 0.592 bits per heavy atom. The van der Waals surface area contributed by atoms with Gasteiger partial charge in [0.2, 0.25) is 0 Å². The van der Waals surface area contributed by atoms with Gasteiger partial charge in [-0.15, -0.1) is 0 Å². The van der Waals surface area contributed by atoms with E-state index in [1.807, 2.05) is 21.1 Å². The van der Waals surface area contributed by atoms with E-state index in [1.165, 1.54) is 96.3 Å². The lowest BCUT2D eigenvalue weighted by molar-refractivity contribution is -0.887. The number of carboxylic acids is 1. The number of unbranched alkanes of at least 4 members (excludes halogenated alkanes) is 20. The number of hydrogen-bond acceptors (Lipinski definition) is 6. The van der Waals surface area contributed by atoms with Crippen molar-refractivity contribution in [1.29, 1.82) is 0 Å². The van der Waals surface area contributed by atoms with E-state index in [0.29, 0.717) is 19.3 Å². The molecule has 0 saturated carbocycles. The van der Waals surface area contributed by atoms with Crippen molar-refractivity contribution in [2.24, 2.45) is 0 Å². The standard InChI is InChI=1S/C41H77NO7/c1-6-8-10-12-14-16-18-20-22-24-26-28-30-32-40(44)49-37(35-47-34-33-38(41(45)46)42(3,4)5)36-48-39(43)31-29-27-25-23-21-19-17-15-13-11-9-7-2/h16,18,37-38H,6-15,17,19-36H2,1-5H3/p+1/b18-16-. The Labute approximate surface area is 301 Å². The Kier molecular flexibility index (Phi) is 31.9. The summed E-state index contributed by atoms with van der Waals surface area (Å²) < 4.78 is 17.2. The topological polar surface area (TPSA) is 99.1 Å². The average molecular weight is 697 g/mol. The molecule has 0 bridgehead atoms. The van der Waals surface area contributed by atoms with Gasteiger partial charge in [0.1, 0.15) is 6.61 Å². The van der Waals surface area contributed by atoms with Gasteiger partial charge in [-0.25, -0.2) is 4.79 Å². The van der Waals surface area contributed by atoms with E-state index < -0.39 is 18.1 Å². The summed E-state index contributed by atoms with van der Waals surface area (Å²) in [5, 5.41) is 9.58. The van der Waals surface area contributed by atoms with Crippen molar-refractivity contribution in [3.8, 4) is 0 Å². The maximum atomic E-state index is 12.7. The molecule has 0 aliphatic heterocycles. The van der Waals surface area contributed by atoms with Crippen molar-refractivity contribution in [2.75, 3.05) is 41.0 Å². The number of aliphatic carboxylic acids is 1. The minimum absolute atomic E-state index is 0.0490. The maximum Gasteiger partial charge on any atom is 0.362 e. The second-order valence-corrected chi connectivity index (χ2v) is 14.9. The smallest absolute Gasteiger partial charge is 0.362 e. The van der Waals surface area contributed by atoms with Crippen molar-refractivity contribution < 1.29 is 38.2 Å². The lowest BCUT2D eigenvalue weighted by Gasteiger charge is -2.31. The number of carboxylic acid groups (broad SMARTS) is 1. The molecule has 288 valence electrons. The number of hydrogen-bond donors (Lipinski definition) is 1. The zero-order valence-corrected chi connectivity index (χ0v) is 32.7. The highest BCUT2D eigenvalue weighted by atomic mass is 16.6. The number of esters is 2. The number of carbonyl (C=O) groups excluding carboxylic acids is 2. The van der Waals surface area contributed by atoms with Crippen LogP contribution >= 0.6 is 0 Å². The first kappa shape index (κ1) is 47.1. The quantitative estimate of drug-likeness (QED) is 0.0301. The van der Waals surface area contributed by atoms with E-state index >= 15 is 0 Å². The van der Waals surface area contributed by atoms with Crippen LogP contribution in [0.2, 0.25) is 0 Å². The Morgan fingerprint density at radius 2 is 1.02 bits per heavy atom. The fourth-order valence-corrected chi connectivity index (χ4v) is 5.97. The van der Waals surface area contributed by atoms with Crippen LogP contribution in [0.25, 0.3) is 0 Å². The van der Waals surface area contributed by atoms with Crippen LogP contribution in [0.1, 0.15) is 181 Å². The Morgan fingerprint density at radius 3 is 1.49 bits per heavy atom. The summed E-state index contributed by atoms with van der Waals surface area (Å²) in [6.07, 6.45) is 32.4. The molecule has 0 aliphatic rings. The lowest BCUT2D eigenvalue weighted by Crippen LogP contribution is -2.50. The highest BCUT2D eigenvalue weighted by molar-refractivity contribution is 5.72. The van der Waals surface area contributed by atoms with Gasteiger partial charge in [-0.2, -0.15) is 0 Å². The molecule has 2 unspecified atom stereocenters. The molecular weight excluding hydrogens is 618 g/mol. The molecule has 0 aromatic heterocycles. The van der Waals surface area contributed by atoms with Gasteiger partial charge in [0, 0.05) is 19.3 Å². The normalized spacial score (nSPS) is 13.1. The highest BCUT2D eigenvalue weighted by Crippen LogP contribution is 2.14. The molecule has 0 aromatic carbocycles. The van der Waals surface area contributed by atoms with Crippen molar-refractivity contribution in [2.45, 2.75) is 193 Å². The van der Waals surface area contributed by atoms with Gasteiger partial charge in [-0.3, -0.25) is 9.59 Å². The SMILES string of the molecule is CCCCCC/C=C\CCCCCCCC(=O)OC(COCCC(C(=O)O)[N+](C)(C)C)COC(=O)CCCCCCCCCCCCCC. The van der Waals surface area contributed by atoms with Crippen LogP contribution in [0, 0.1) is 0 Å². The number of likely N-dealkylation sites (N-methyl/N-ethyl adjacent to an activating group) is 1. The van der Waals surface area contributed by atoms with Crippen molar-refractivity contribution >= 4 is 17.9 Å². The third-order valence-corrected chi connectivity index (χ3v) is 9.16. The third kappa shape index (κ3) is 31.8. The predicted molar refractivity (Wildman–Crippen MR) is 202 cm³/mol. The minimum atomic E-state index is -0.875. The monoisotopic (exact) mass is 697 g/mol. The fraction of sp³-hybridized carbons (Fsp3) is 0.878. The van der Waals surface area contributed by atoms with Gasteiger partial charge < -0.3 is 23.8 Å². The van der Waals surface area contributed by atoms with Gasteiger partial charge in [0.05, 0.1) is 34.4 Å². The van der Waals surface area contributed by atoms with Crippen LogP contribution in [0.3, 0.4) is 0 Å². The summed E-state index contributed by atoms with van der Waals surface area (Å²) in [6.45, 7) is 4.71. The Bertz CT molecular complexity index is 823. The maximum absolute atomic E-state index is 12.7. The summed E-state index contributed by atoms with van der Waals surface area (Å²) in [6, 6.07) is -0.610. The molecule has 0 heterocycles. The summed E-state index contributed by atoms with van der Waals surface area (Å²) >= 11 is 0. The van der Waals surface area contributed by atoms with Crippen LogP contribution in [0.4, 0.5) is 0 Å². The fourth-order valence-electron chi connectivity index (χ4n) is 5.97. The van der Waals surface area contributed by atoms with Gasteiger partial charge in [-0.05, 0) is 38.5 Å². The van der Waals surface area contributed by atoms with Crippen LogP contribution in [-0.4, -0.2) is 80.6 Å². The molecule has 2 atom stereocenters. The Balaban J connectivity index is 4.40. The summed E-state index contributed by atoms with van der Waals surface area (Å²) in [4.78, 5) is 36.8. The van der Waals surface area contributed by atoms with Crippen LogP contribution in [-0.2, 0) is 28.6 Å². The number of rotatable bonds is 36. The number of carbonyl (C=O) groups is 3. The summed E-state index contributed by atoms with van der Waals surface area (Å²) in [5.41, 5.74) is 0. The van der Waals surface area contributed by atoms with Gasteiger partial charge >= 0.3 is 17.9 Å². The van der Waals surface area contributed by atoms with Gasteiger partial charge in [0.25, 0.3) is 0 Å². The number of ether oxygens (including phenoxy) is 3. The van der Waals surface area contributed by atoms with E-state index in [-0.39, 0.29) is 36.2 Å². The molecular formula is C41H78NO7+. The van der Waals surface area contributed by atoms with E-state index in [1.54, 1.807) is 0 Å². The first-order valence-electron chi connectivity index (χ1n) is 20.2. The van der Waals surface area contributed by atoms with Crippen LogP contribution in [0.15, 0.2) is 12.2 Å². The molecule has 0 aliphatic carbocycles. The van der Waals surface area contributed by atoms with Crippen molar-refractivity contribution in [1.82, 2.24) is 0 Å². The van der Waals surface area contributed by atoms with E-state index in [2.05, 4.69) is 26.0 Å². The van der Waals surface area contributed by atoms with E-state index in [0.717, 1.165) is 51.4 Å². The van der Waals surface area contributed by atoms with Gasteiger partial charge in [-0.1, -0.05) is 135 Å². The number of allylic oxidation sites excluding steroid dienone is 2. The molecule has 0 rings (SSSR count). The molecule has 0 spiro atoms. The van der Waals surface area contributed by atoms with Gasteiger partial charge in [0.15, 0.2) is 12.1 Å². The van der Waals surface area contributed by atoms with Crippen molar-refractivity contribution in [3.05, 3.63) is 12.2 Å². The third-order valence-electron chi connectivity index (χ3n) is 9.16. The molecule has 0 saturated heterocycles. The zero-order valence-electron chi connectivity index (χ0n) is 32.7. The second-order valence-electron chi connectivity index (χ2n) is 14.9. The minimum Gasteiger partial charge on any atom is -0.477 e. The Hall–Kier alpha value is -1.93. The highest BCUT2D eigenvalue weighted by Gasteiger charge is 2.31. The lowest BCUT2D eigenvalue weighted by atomic mass is 10.0. The molecule has 0 aromatic rings. The van der Waals surface area contributed by atoms with Crippen LogP contribution < -0.4 is 0 Å². The van der Waals surface area contributed by atoms with E-state index in [9.17, 15) is 19.5 Å². The number of quaternary nitrogens is 1. The molecule has 0 fully saturated rings. The molecule has 8 nitrogen and oxygen atoms in total. The molecule has 49 heavy (non-hydrogen) atoms. The largest absolute Gasteiger partial charge is 0.477 e. The summed E-state index contributed by atoms with van der Waals surface area (Å²) in [5.74, 6) is -1.47.